The first-order chi connectivity index (χ1) is 12.5. The number of rotatable bonds is 4. The molecule has 0 bridgehead atoms. The molecule has 4 N–H and O–H groups in total. The molecule has 134 valence electrons. The number of nitrogens with one attached hydrogen (secondary N) is 1. The van der Waals surface area contributed by atoms with Crippen LogP contribution in [-0.2, 0) is 10.8 Å². The van der Waals surface area contributed by atoms with Gasteiger partial charge in [0.2, 0.25) is 5.82 Å². The maximum atomic E-state index is 13.3. The van der Waals surface area contributed by atoms with E-state index < -0.39 is 32.0 Å². The number of aliphatic imine (C=N–C) groups is 1. The second-order valence-electron chi connectivity index (χ2n) is 5.93. The highest BCUT2D eigenvalue weighted by Gasteiger charge is 2.52. The maximum absolute atomic E-state index is 13.3. The monoisotopic (exact) mass is 447 g/mol. The Morgan fingerprint density at radius 3 is 2.78 bits per heavy atom. The van der Waals surface area contributed by atoms with Crippen molar-refractivity contribution >= 4 is 67.6 Å². The van der Waals surface area contributed by atoms with Gasteiger partial charge in [0, 0.05) is 10.8 Å². The molecule has 1 aromatic heterocycles. The largest absolute Gasteiger partial charge is 0.385 e. The summed E-state index contributed by atoms with van der Waals surface area (Å²) in [7, 11) is 14.9. The lowest BCUT2D eigenvalue weighted by Crippen LogP contribution is -2.47. The maximum Gasteiger partial charge on any atom is 0.202 e. The van der Waals surface area contributed by atoms with E-state index in [1.807, 2.05) is 0 Å². The summed E-state index contributed by atoms with van der Waals surface area (Å²) >= 11 is 3.05. The molecule has 1 aromatic carbocycles. The summed E-state index contributed by atoms with van der Waals surface area (Å²) in [5.74, 6) is -0.578. The Kier molecular flexibility index (Phi) is 5.25. The number of hydrogen-bond donors (Lipinski definition) is 3. The molecular weight excluding hydrogens is 438 g/mol. The van der Waals surface area contributed by atoms with E-state index in [4.69, 9.17) is 29.3 Å². The first-order valence-corrected chi connectivity index (χ1v) is 9.36. The number of nitrogens with two attached hydrogens (primary N) is 1. The third-order valence-corrected chi connectivity index (χ3v) is 6.20. The van der Waals surface area contributed by atoms with Crippen LogP contribution in [0.2, 0.25) is 0 Å². The lowest BCUT2D eigenvalue weighted by atomic mass is 9.65. The van der Waals surface area contributed by atoms with E-state index >= 15 is 0 Å². The molecule has 3 rings (SSSR count). The topological polar surface area (TPSA) is 127 Å². The predicted octanol–water partition coefficient (Wildman–Crippen LogP) is -0.254. The molecule has 1 aliphatic rings. The SMILES string of the molecule is [B]C1([B])CC(Nc2nonc2C(N)=Nc2ccc(F)c(Br)c2)C([B])(O)S1=O. The van der Waals surface area contributed by atoms with Gasteiger partial charge in [-0.3, -0.25) is 4.21 Å². The molecule has 1 saturated heterocycles. The molecule has 3 atom stereocenters. The second-order valence-corrected chi connectivity index (χ2v) is 8.74. The molecule has 3 unspecified atom stereocenters. The number of hydrogen-bond acceptors (Lipinski definition) is 7. The van der Waals surface area contributed by atoms with Crippen molar-refractivity contribution in [3.05, 3.63) is 34.2 Å². The minimum Gasteiger partial charge on any atom is -0.385 e. The van der Waals surface area contributed by atoms with Gasteiger partial charge in [0.25, 0.3) is 0 Å². The zero-order valence-corrected chi connectivity index (χ0v) is 16.0. The van der Waals surface area contributed by atoms with Gasteiger partial charge in [0.15, 0.2) is 11.5 Å². The molecule has 0 aliphatic carbocycles. The average Bonchev–Trinajstić information content (AvgIpc) is 3.10. The Hall–Kier alpha value is -1.66. The van der Waals surface area contributed by atoms with Crippen molar-refractivity contribution in [2.24, 2.45) is 10.7 Å². The zero-order valence-electron chi connectivity index (χ0n) is 13.6. The van der Waals surface area contributed by atoms with Gasteiger partial charge in [-0.05, 0) is 55.4 Å². The van der Waals surface area contributed by atoms with Crippen LogP contribution in [0.25, 0.3) is 0 Å². The molecular formula is C13H10B3BrFN5O3S. The van der Waals surface area contributed by atoms with E-state index in [-0.39, 0.29) is 28.2 Å². The minimum atomic E-state index is -2.21. The van der Waals surface area contributed by atoms with E-state index in [1.54, 1.807) is 0 Å². The van der Waals surface area contributed by atoms with Gasteiger partial charge in [-0.2, -0.15) is 0 Å². The number of anilines is 1. The van der Waals surface area contributed by atoms with Crippen LogP contribution in [0, 0.1) is 5.82 Å². The summed E-state index contributed by atoms with van der Waals surface area (Å²) in [6, 6.07) is 3.01. The third-order valence-electron chi connectivity index (χ3n) is 3.86. The molecule has 14 heteroatoms. The van der Waals surface area contributed by atoms with Crippen molar-refractivity contribution in [1.29, 1.82) is 0 Å². The van der Waals surface area contributed by atoms with Gasteiger partial charge in [0.1, 0.15) is 18.5 Å². The number of benzene rings is 1. The van der Waals surface area contributed by atoms with E-state index in [2.05, 4.69) is 41.2 Å². The Morgan fingerprint density at radius 2 is 2.19 bits per heavy atom. The zero-order chi connectivity index (χ0) is 20.0. The standard InChI is InChI=1S/C13H10B3BrFN5O3S/c14-12(15)4-8(13(16,24)27(12)25)21-11-9(22-26-23-11)10(19)20-5-1-2-7(18)6(17)3-5/h1-3,8,24H,4H2,(H2,19,20)(H,21,23). The summed E-state index contributed by atoms with van der Waals surface area (Å²) < 4.78 is 28.6. The third kappa shape index (κ3) is 3.83. The van der Waals surface area contributed by atoms with Crippen LogP contribution in [0.5, 0.6) is 0 Å². The van der Waals surface area contributed by atoms with Gasteiger partial charge in [-0.25, -0.2) is 14.0 Å². The quantitative estimate of drug-likeness (QED) is 0.335. The molecule has 2 heterocycles. The van der Waals surface area contributed by atoms with Crippen LogP contribution < -0.4 is 11.1 Å². The molecule has 27 heavy (non-hydrogen) atoms. The summed E-state index contributed by atoms with van der Waals surface area (Å²) in [5.41, 5.74) is 6.26. The van der Waals surface area contributed by atoms with Gasteiger partial charge in [-0.1, -0.05) is 0 Å². The summed E-state index contributed by atoms with van der Waals surface area (Å²) in [4.78, 5) is 1.90. The Bertz CT molecular complexity index is 942. The number of aliphatic hydroxyl groups is 1. The molecule has 0 amide bonds. The highest BCUT2D eigenvalue weighted by Crippen LogP contribution is 2.36. The second kappa shape index (κ2) is 7.06. The van der Waals surface area contributed by atoms with Crippen LogP contribution in [0.3, 0.4) is 0 Å². The van der Waals surface area contributed by atoms with E-state index in [1.165, 1.54) is 18.2 Å². The summed E-state index contributed by atoms with van der Waals surface area (Å²) in [5, 5.41) is 20.3. The van der Waals surface area contributed by atoms with E-state index in [9.17, 15) is 13.7 Å². The average molecular weight is 448 g/mol. The number of nitrogens with zero attached hydrogens (tertiary/aromatic N) is 3. The molecule has 0 spiro atoms. The Balaban J connectivity index is 1.87. The van der Waals surface area contributed by atoms with Crippen LogP contribution >= 0.6 is 15.9 Å². The lowest BCUT2D eigenvalue weighted by Gasteiger charge is -2.26. The van der Waals surface area contributed by atoms with Gasteiger partial charge < -0.3 is 16.2 Å². The lowest BCUT2D eigenvalue weighted by molar-refractivity contribution is 0.199. The minimum absolute atomic E-state index is 0.00331. The molecule has 1 aliphatic heterocycles. The smallest absolute Gasteiger partial charge is 0.202 e. The molecule has 2 aromatic rings. The number of amidine groups is 1. The van der Waals surface area contributed by atoms with Crippen molar-refractivity contribution < 1.29 is 18.3 Å². The Morgan fingerprint density at radius 1 is 1.48 bits per heavy atom. The number of halogens is 2. The highest BCUT2D eigenvalue weighted by molar-refractivity contribution is 9.10. The van der Waals surface area contributed by atoms with Crippen molar-refractivity contribution in [2.45, 2.75) is 21.8 Å². The van der Waals surface area contributed by atoms with E-state index in [0.717, 1.165) is 0 Å². The molecule has 6 radical (unpaired) electrons. The normalized spacial score (nSPS) is 27.6. The van der Waals surface area contributed by atoms with Gasteiger partial charge in [-0.15, -0.1) is 0 Å². The highest BCUT2D eigenvalue weighted by atomic mass is 79.9. The van der Waals surface area contributed by atoms with Crippen molar-refractivity contribution in [2.75, 3.05) is 5.32 Å². The van der Waals surface area contributed by atoms with Gasteiger partial charge >= 0.3 is 0 Å². The fraction of sp³-hybridized carbons (Fsp3) is 0.308. The van der Waals surface area contributed by atoms with Gasteiger partial charge in [0.05, 0.1) is 31.9 Å². The van der Waals surface area contributed by atoms with Crippen LogP contribution in [0.1, 0.15) is 12.1 Å². The summed E-state index contributed by atoms with van der Waals surface area (Å²) in [6.45, 7) is 0. The first-order valence-electron chi connectivity index (χ1n) is 7.42. The van der Waals surface area contributed by atoms with E-state index in [0.29, 0.717) is 5.69 Å². The number of aromatic nitrogens is 2. The molecule has 1 fully saturated rings. The first kappa shape index (κ1) is 20.1. The van der Waals surface area contributed by atoms with Crippen molar-refractivity contribution in [3.8, 4) is 0 Å². The van der Waals surface area contributed by atoms with Crippen molar-refractivity contribution in [1.82, 2.24) is 10.3 Å². The molecule has 8 nitrogen and oxygen atoms in total. The van der Waals surface area contributed by atoms with Crippen LogP contribution in [0.4, 0.5) is 15.9 Å². The fourth-order valence-electron chi connectivity index (χ4n) is 2.49. The predicted molar refractivity (Wildman–Crippen MR) is 104 cm³/mol. The van der Waals surface area contributed by atoms with Crippen molar-refractivity contribution in [3.63, 3.8) is 0 Å². The van der Waals surface area contributed by atoms with Crippen LogP contribution in [-0.4, -0.2) is 64.4 Å². The van der Waals surface area contributed by atoms with Crippen LogP contribution in [0.15, 0.2) is 32.3 Å². The Labute approximate surface area is 168 Å². The molecule has 0 saturated carbocycles. The fourth-order valence-corrected chi connectivity index (χ4v) is 4.19. The summed E-state index contributed by atoms with van der Waals surface area (Å²) in [6.07, 6.45) is -0.124.